The van der Waals surface area contributed by atoms with Crippen LogP contribution < -0.4 is 5.56 Å². The highest BCUT2D eigenvalue weighted by Crippen LogP contribution is 2.25. The maximum absolute atomic E-state index is 13.0. The van der Waals surface area contributed by atoms with E-state index in [1.807, 2.05) is 32.0 Å². The van der Waals surface area contributed by atoms with Gasteiger partial charge in [-0.25, -0.2) is 0 Å². The van der Waals surface area contributed by atoms with Crippen molar-refractivity contribution in [3.8, 4) is 0 Å². The second-order valence-corrected chi connectivity index (χ2v) is 6.28. The Bertz CT molecular complexity index is 833. The summed E-state index contributed by atoms with van der Waals surface area (Å²) in [4.78, 5) is 41.0. The van der Waals surface area contributed by atoms with Crippen LogP contribution in [0.15, 0.2) is 41.3 Å². The van der Waals surface area contributed by atoms with Gasteiger partial charge in [-0.1, -0.05) is 17.7 Å². The molecule has 1 saturated heterocycles. The van der Waals surface area contributed by atoms with Gasteiger partial charge in [-0.15, -0.1) is 0 Å². The number of ketones is 1. The van der Waals surface area contributed by atoms with Crippen LogP contribution in [0.4, 0.5) is 0 Å². The molecule has 0 bridgehead atoms. The molecule has 1 aliphatic rings. The highest BCUT2D eigenvalue weighted by atomic mass is 16.2. The van der Waals surface area contributed by atoms with Gasteiger partial charge in [0.15, 0.2) is 5.78 Å². The molecular formula is C19H20N2O3. The summed E-state index contributed by atoms with van der Waals surface area (Å²) in [6, 6.07) is 8.18. The van der Waals surface area contributed by atoms with E-state index in [4.69, 9.17) is 0 Å². The lowest BCUT2D eigenvalue weighted by molar-refractivity contribution is 0.0671. The predicted octanol–water partition coefficient (Wildman–Crippen LogP) is 2.48. The molecule has 0 saturated carbocycles. The molecule has 1 amide bonds. The number of hydrogen-bond donors (Lipinski definition) is 1. The van der Waals surface area contributed by atoms with E-state index in [1.54, 1.807) is 4.90 Å². The van der Waals surface area contributed by atoms with E-state index < -0.39 is 6.04 Å². The van der Waals surface area contributed by atoms with Crippen LogP contribution in [0.25, 0.3) is 0 Å². The third-order valence-electron chi connectivity index (χ3n) is 4.51. The van der Waals surface area contributed by atoms with Crippen LogP contribution in [0, 0.1) is 13.8 Å². The molecule has 3 rings (SSSR count). The summed E-state index contributed by atoms with van der Waals surface area (Å²) in [6.07, 6.45) is 2.88. The molecule has 0 radical (unpaired) electrons. The van der Waals surface area contributed by atoms with Crippen LogP contribution in [-0.2, 0) is 0 Å². The van der Waals surface area contributed by atoms with E-state index >= 15 is 0 Å². The number of aryl methyl sites for hydroxylation is 2. The van der Waals surface area contributed by atoms with Crippen LogP contribution in [0.1, 0.15) is 44.7 Å². The maximum atomic E-state index is 13.0. The number of H-pyrrole nitrogens is 1. The fourth-order valence-electron chi connectivity index (χ4n) is 3.17. The largest absolute Gasteiger partial charge is 0.328 e. The molecule has 5 nitrogen and oxygen atoms in total. The van der Waals surface area contributed by atoms with E-state index in [-0.39, 0.29) is 17.2 Å². The molecule has 1 N–H and O–H groups in total. The summed E-state index contributed by atoms with van der Waals surface area (Å²) >= 11 is 0. The quantitative estimate of drug-likeness (QED) is 0.882. The third kappa shape index (κ3) is 3.02. The minimum absolute atomic E-state index is 0.00789. The first-order chi connectivity index (χ1) is 11.5. The summed E-state index contributed by atoms with van der Waals surface area (Å²) < 4.78 is 0. The molecule has 1 fully saturated rings. The topological polar surface area (TPSA) is 70.2 Å². The first-order valence-electron chi connectivity index (χ1n) is 8.08. The number of carbonyl (C=O) groups is 2. The van der Waals surface area contributed by atoms with Gasteiger partial charge in [-0.2, -0.15) is 0 Å². The molecule has 24 heavy (non-hydrogen) atoms. The average Bonchev–Trinajstić information content (AvgIpc) is 3.06. The Balaban J connectivity index is 1.88. The lowest BCUT2D eigenvalue weighted by Gasteiger charge is -2.24. The van der Waals surface area contributed by atoms with Crippen LogP contribution in [-0.4, -0.2) is 34.2 Å². The zero-order chi connectivity index (χ0) is 17.3. The summed E-state index contributed by atoms with van der Waals surface area (Å²) in [6.45, 7) is 4.42. The molecule has 0 spiro atoms. The lowest BCUT2D eigenvalue weighted by atomic mass is 9.96. The zero-order valence-electron chi connectivity index (χ0n) is 13.8. The van der Waals surface area contributed by atoms with Gasteiger partial charge in [0.1, 0.15) is 0 Å². The molecular weight excluding hydrogens is 304 g/mol. The summed E-state index contributed by atoms with van der Waals surface area (Å²) in [7, 11) is 0. The number of hydrogen-bond acceptors (Lipinski definition) is 3. The average molecular weight is 324 g/mol. The van der Waals surface area contributed by atoms with Gasteiger partial charge in [0, 0.05) is 24.4 Å². The first-order valence-corrected chi connectivity index (χ1v) is 8.08. The molecule has 1 aromatic carbocycles. The molecule has 1 unspecified atom stereocenters. The third-order valence-corrected chi connectivity index (χ3v) is 4.51. The molecule has 5 heteroatoms. The standard InChI is InChI=1S/C19H20N2O3/c1-12-5-6-13(2)15(10-12)18(23)16-4-3-9-21(16)19(24)14-7-8-17(22)20-11-14/h5-8,10-11,16H,3-4,9H2,1-2H3,(H,20,22). The van der Waals surface area contributed by atoms with E-state index in [1.165, 1.54) is 18.3 Å². The Morgan fingerprint density at radius 3 is 2.67 bits per heavy atom. The number of amides is 1. The maximum Gasteiger partial charge on any atom is 0.255 e. The number of benzene rings is 1. The van der Waals surface area contributed by atoms with Gasteiger partial charge in [0.05, 0.1) is 11.6 Å². The van der Waals surface area contributed by atoms with Crippen LogP contribution >= 0.6 is 0 Å². The number of aromatic nitrogens is 1. The lowest BCUT2D eigenvalue weighted by Crippen LogP contribution is -2.41. The van der Waals surface area contributed by atoms with Crippen molar-refractivity contribution in [2.24, 2.45) is 0 Å². The van der Waals surface area contributed by atoms with Crippen LogP contribution in [0.5, 0.6) is 0 Å². The number of likely N-dealkylation sites (tertiary alicyclic amines) is 1. The number of aromatic amines is 1. The minimum atomic E-state index is -0.440. The Hall–Kier alpha value is -2.69. The number of Topliss-reactive ketones (excluding diaryl/α,β-unsaturated/α-hetero) is 1. The number of carbonyl (C=O) groups excluding carboxylic acids is 2. The molecule has 1 atom stereocenters. The van der Waals surface area contributed by atoms with Gasteiger partial charge in [-0.05, 0) is 44.4 Å². The fourth-order valence-corrected chi connectivity index (χ4v) is 3.17. The Morgan fingerprint density at radius 1 is 1.17 bits per heavy atom. The van der Waals surface area contributed by atoms with Crippen molar-refractivity contribution in [2.75, 3.05) is 6.54 Å². The number of pyridine rings is 1. The number of nitrogens with one attached hydrogen (secondary N) is 1. The van der Waals surface area contributed by atoms with Crippen LogP contribution in [0.2, 0.25) is 0 Å². The van der Waals surface area contributed by atoms with Crippen molar-refractivity contribution in [3.63, 3.8) is 0 Å². The number of rotatable bonds is 3. The predicted molar refractivity (Wildman–Crippen MR) is 91.4 cm³/mol. The fraction of sp³-hybridized carbons (Fsp3) is 0.316. The van der Waals surface area contributed by atoms with E-state index in [2.05, 4.69) is 4.98 Å². The number of nitrogens with zero attached hydrogens (tertiary/aromatic N) is 1. The monoisotopic (exact) mass is 324 g/mol. The zero-order valence-corrected chi connectivity index (χ0v) is 13.8. The SMILES string of the molecule is Cc1ccc(C)c(C(=O)C2CCCN2C(=O)c2ccc(=O)[nH]c2)c1. The summed E-state index contributed by atoms with van der Waals surface area (Å²) in [5, 5.41) is 0. The van der Waals surface area contributed by atoms with Gasteiger partial charge < -0.3 is 9.88 Å². The van der Waals surface area contributed by atoms with Gasteiger partial charge in [0.25, 0.3) is 5.91 Å². The Morgan fingerprint density at radius 2 is 1.96 bits per heavy atom. The molecule has 1 aliphatic heterocycles. The second-order valence-electron chi connectivity index (χ2n) is 6.28. The molecule has 1 aromatic heterocycles. The highest BCUT2D eigenvalue weighted by Gasteiger charge is 2.35. The van der Waals surface area contributed by atoms with E-state index in [9.17, 15) is 14.4 Å². The van der Waals surface area contributed by atoms with Crippen molar-refractivity contribution in [1.82, 2.24) is 9.88 Å². The second kappa shape index (κ2) is 6.43. The normalized spacial score (nSPS) is 17.1. The van der Waals surface area contributed by atoms with Gasteiger partial charge in [-0.3, -0.25) is 14.4 Å². The van der Waals surface area contributed by atoms with Crippen molar-refractivity contribution in [3.05, 3.63) is 69.1 Å². The Kier molecular flexibility index (Phi) is 4.34. The summed E-state index contributed by atoms with van der Waals surface area (Å²) in [5.41, 5.74) is 2.78. The van der Waals surface area contributed by atoms with Crippen LogP contribution in [0.3, 0.4) is 0 Å². The van der Waals surface area contributed by atoms with E-state index in [0.717, 1.165) is 17.5 Å². The molecule has 124 valence electrons. The minimum Gasteiger partial charge on any atom is -0.328 e. The smallest absolute Gasteiger partial charge is 0.255 e. The Labute approximate surface area is 140 Å². The highest BCUT2D eigenvalue weighted by molar-refractivity contribution is 6.05. The van der Waals surface area contributed by atoms with Crippen molar-refractivity contribution in [2.45, 2.75) is 32.7 Å². The van der Waals surface area contributed by atoms with E-state index in [0.29, 0.717) is 24.1 Å². The van der Waals surface area contributed by atoms with Gasteiger partial charge >= 0.3 is 0 Å². The van der Waals surface area contributed by atoms with Crippen molar-refractivity contribution >= 4 is 11.7 Å². The first kappa shape index (κ1) is 16.2. The van der Waals surface area contributed by atoms with Gasteiger partial charge in [0.2, 0.25) is 5.56 Å². The molecule has 0 aliphatic carbocycles. The molecule has 2 heterocycles. The van der Waals surface area contributed by atoms with Crippen molar-refractivity contribution in [1.29, 1.82) is 0 Å². The summed E-state index contributed by atoms with van der Waals surface area (Å²) in [5.74, 6) is -0.223. The molecule has 2 aromatic rings. The van der Waals surface area contributed by atoms with Crippen molar-refractivity contribution < 1.29 is 9.59 Å².